The molecule has 0 bridgehead atoms. The summed E-state index contributed by atoms with van der Waals surface area (Å²) in [7, 11) is 0. The second-order valence-electron chi connectivity index (χ2n) is 5.56. The van der Waals surface area contributed by atoms with Crippen molar-refractivity contribution in [3.05, 3.63) is 69.9 Å². The Labute approximate surface area is 131 Å². The Bertz CT molecular complexity index is 905. The molecule has 23 heavy (non-hydrogen) atoms. The molecular weight excluding hydrogens is 296 g/mol. The molecule has 7 heteroatoms. The first-order valence-corrected chi connectivity index (χ1v) is 7.29. The molecule has 0 aliphatic heterocycles. The van der Waals surface area contributed by atoms with Crippen LogP contribution in [0.15, 0.2) is 48.7 Å². The van der Waals surface area contributed by atoms with Crippen LogP contribution in [0.2, 0.25) is 0 Å². The molecule has 2 N–H and O–H groups in total. The Balaban J connectivity index is 1.79. The minimum absolute atomic E-state index is 0.128. The number of nitrogens with one attached hydrogen (secondary N) is 1. The van der Waals surface area contributed by atoms with E-state index in [-0.39, 0.29) is 11.6 Å². The van der Waals surface area contributed by atoms with Gasteiger partial charge in [-0.2, -0.15) is 9.38 Å². The number of hydrogen-bond donors (Lipinski definition) is 2. The first-order valence-electron chi connectivity index (χ1n) is 7.29. The topological polar surface area (TPSA) is 92.7 Å². The van der Waals surface area contributed by atoms with Crippen LogP contribution in [0.25, 0.3) is 5.65 Å². The number of anilines is 1. The fraction of sp³-hybridized carbons (Fsp3) is 0.188. The van der Waals surface area contributed by atoms with Gasteiger partial charge in [-0.05, 0) is 22.1 Å². The maximum Gasteiger partial charge on any atom is 0.372 e. The number of fused-ring (bicyclic) bond motifs is 2. The molecule has 4 rings (SSSR count). The van der Waals surface area contributed by atoms with Gasteiger partial charge in [0.25, 0.3) is 0 Å². The van der Waals surface area contributed by atoms with E-state index >= 15 is 0 Å². The fourth-order valence-electron chi connectivity index (χ4n) is 3.15. The largest absolute Gasteiger partial charge is 0.390 e. The molecule has 7 nitrogen and oxygen atoms in total. The second-order valence-corrected chi connectivity index (χ2v) is 5.56. The first kappa shape index (κ1) is 13.7. The molecule has 2 heterocycles. The smallest absolute Gasteiger partial charge is 0.372 e. The highest BCUT2D eigenvalue weighted by atomic mass is 16.6. The molecule has 0 saturated heterocycles. The van der Waals surface area contributed by atoms with E-state index in [4.69, 9.17) is 0 Å². The molecule has 0 fully saturated rings. The molecule has 2 atom stereocenters. The van der Waals surface area contributed by atoms with Crippen molar-refractivity contribution in [2.45, 2.75) is 18.6 Å². The van der Waals surface area contributed by atoms with E-state index in [0.717, 1.165) is 11.1 Å². The lowest BCUT2D eigenvalue weighted by Gasteiger charge is -2.17. The molecule has 0 amide bonds. The van der Waals surface area contributed by atoms with Crippen LogP contribution in [-0.4, -0.2) is 25.5 Å². The van der Waals surface area contributed by atoms with Gasteiger partial charge < -0.3 is 20.5 Å². The van der Waals surface area contributed by atoms with Crippen molar-refractivity contribution in [1.29, 1.82) is 0 Å². The number of benzene rings is 1. The summed E-state index contributed by atoms with van der Waals surface area (Å²) in [5, 5.41) is 24.8. The number of hydrogen-bond acceptors (Lipinski definition) is 5. The lowest BCUT2D eigenvalue weighted by Crippen LogP contribution is -2.21. The minimum atomic E-state index is -0.642. The van der Waals surface area contributed by atoms with Gasteiger partial charge in [-0.1, -0.05) is 30.3 Å². The van der Waals surface area contributed by atoms with Crippen molar-refractivity contribution in [2.75, 3.05) is 5.32 Å². The van der Waals surface area contributed by atoms with E-state index in [1.54, 1.807) is 24.4 Å². The third-order valence-corrected chi connectivity index (χ3v) is 4.17. The molecule has 0 radical (unpaired) electrons. The van der Waals surface area contributed by atoms with Crippen LogP contribution >= 0.6 is 0 Å². The van der Waals surface area contributed by atoms with Crippen LogP contribution in [0.1, 0.15) is 17.2 Å². The number of imidazole rings is 1. The zero-order valence-electron chi connectivity index (χ0n) is 12.1. The highest BCUT2D eigenvalue weighted by molar-refractivity contribution is 5.63. The third-order valence-electron chi connectivity index (χ3n) is 4.17. The number of nitro groups is 1. The van der Waals surface area contributed by atoms with Gasteiger partial charge in [-0.15, -0.1) is 0 Å². The van der Waals surface area contributed by atoms with Gasteiger partial charge in [0.15, 0.2) is 0 Å². The predicted octanol–water partition coefficient (Wildman–Crippen LogP) is 2.31. The Morgan fingerprint density at radius 3 is 2.87 bits per heavy atom. The molecule has 2 aromatic heterocycles. The summed E-state index contributed by atoms with van der Waals surface area (Å²) >= 11 is 0. The Hall–Kier alpha value is -2.93. The molecule has 1 aromatic carbocycles. The van der Waals surface area contributed by atoms with Crippen molar-refractivity contribution < 1.29 is 10.0 Å². The minimum Gasteiger partial charge on any atom is -0.390 e. The van der Waals surface area contributed by atoms with Gasteiger partial charge in [0.2, 0.25) is 11.5 Å². The Morgan fingerprint density at radius 1 is 1.26 bits per heavy atom. The van der Waals surface area contributed by atoms with Gasteiger partial charge in [-0.25, -0.2) is 0 Å². The number of pyridine rings is 1. The van der Waals surface area contributed by atoms with Gasteiger partial charge in [-0.3, -0.25) is 0 Å². The lowest BCUT2D eigenvalue weighted by atomic mass is 10.1. The van der Waals surface area contributed by atoms with Gasteiger partial charge in [0.1, 0.15) is 0 Å². The average molecular weight is 310 g/mol. The van der Waals surface area contributed by atoms with Crippen LogP contribution in [0, 0.1) is 10.1 Å². The van der Waals surface area contributed by atoms with E-state index in [1.165, 1.54) is 4.40 Å². The number of aromatic nitrogens is 2. The zero-order valence-corrected chi connectivity index (χ0v) is 12.1. The van der Waals surface area contributed by atoms with Crippen molar-refractivity contribution in [1.82, 2.24) is 9.38 Å². The lowest BCUT2D eigenvalue weighted by molar-refractivity contribution is -0.389. The summed E-state index contributed by atoms with van der Waals surface area (Å²) in [6, 6.07) is 12.5. The molecule has 1 aliphatic carbocycles. The molecule has 0 unspecified atom stereocenters. The number of nitrogens with zero attached hydrogens (tertiary/aromatic N) is 3. The van der Waals surface area contributed by atoms with E-state index in [1.807, 2.05) is 24.3 Å². The predicted molar refractivity (Wildman–Crippen MR) is 84.4 cm³/mol. The maximum absolute atomic E-state index is 11.4. The highest BCUT2D eigenvalue weighted by Gasteiger charge is 2.33. The van der Waals surface area contributed by atoms with Gasteiger partial charge >= 0.3 is 5.82 Å². The van der Waals surface area contributed by atoms with Crippen LogP contribution in [0.3, 0.4) is 0 Å². The highest BCUT2D eigenvalue weighted by Crippen LogP contribution is 2.36. The van der Waals surface area contributed by atoms with Crippen LogP contribution in [0.4, 0.5) is 11.6 Å². The Morgan fingerprint density at radius 2 is 2.04 bits per heavy atom. The summed E-state index contributed by atoms with van der Waals surface area (Å²) in [4.78, 5) is 15.3. The van der Waals surface area contributed by atoms with E-state index in [0.29, 0.717) is 12.1 Å². The molecule has 0 spiro atoms. The average Bonchev–Trinajstić information content (AvgIpc) is 3.05. The van der Waals surface area contributed by atoms with E-state index in [2.05, 4.69) is 10.3 Å². The quantitative estimate of drug-likeness (QED) is 0.572. The number of aliphatic hydroxyl groups excluding tert-OH is 1. The molecule has 0 saturated carbocycles. The van der Waals surface area contributed by atoms with Crippen molar-refractivity contribution in [3.63, 3.8) is 0 Å². The fourth-order valence-corrected chi connectivity index (χ4v) is 3.15. The summed E-state index contributed by atoms with van der Waals surface area (Å²) in [5.74, 6) is 0.0409. The van der Waals surface area contributed by atoms with E-state index in [9.17, 15) is 15.2 Å². The summed E-state index contributed by atoms with van der Waals surface area (Å²) in [5.41, 5.74) is 2.48. The summed E-state index contributed by atoms with van der Waals surface area (Å²) in [6.07, 6.45) is 1.48. The van der Waals surface area contributed by atoms with Crippen LogP contribution in [0.5, 0.6) is 0 Å². The number of rotatable bonds is 3. The summed E-state index contributed by atoms with van der Waals surface area (Å²) < 4.78 is 1.43. The zero-order chi connectivity index (χ0) is 16.0. The normalized spacial score (nSPS) is 19.7. The maximum atomic E-state index is 11.4. The SMILES string of the molecule is O=[N+]([O-])c1c(N[C@H]2c3ccccc3C[C@H]2O)nc2ccccn12. The van der Waals surface area contributed by atoms with Crippen LogP contribution in [-0.2, 0) is 6.42 Å². The van der Waals surface area contributed by atoms with Crippen molar-refractivity contribution in [2.24, 2.45) is 0 Å². The molecule has 3 aromatic rings. The monoisotopic (exact) mass is 310 g/mol. The molecular formula is C16H14N4O3. The van der Waals surface area contributed by atoms with E-state index < -0.39 is 17.1 Å². The standard InChI is InChI=1S/C16H14N4O3/c21-12-9-10-5-1-2-6-11(10)14(12)18-15-16(20(22)23)19-8-4-3-7-13(19)17-15/h1-8,12,14,18,21H,9H2/t12-,14+/m1/s1. The summed E-state index contributed by atoms with van der Waals surface area (Å²) in [6.45, 7) is 0. The second kappa shape index (κ2) is 5.06. The molecule has 1 aliphatic rings. The van der Waals surface area contributed by atoms with Gasteiger partial charge in [0.05, 0.1) is 18.3 Å². The third kappa shape index (κ3) is 2.13. The van der Waals surface area contributed by atoms with Crippen molar-refractivity contribution >= 4 is 17.3 Å². The van der Waals surface area contributed by atoms with Gasteiger partial charge in [0, 0.05) is 12.5 Å². The number of aliphatic hydroxyl groups is 1. The molecule has 116 valence electrons. The van der Waals surface area contributed by atoms with Crippen molar-refractivity contribution in [3.8, 4) is 0 Å². The Kier molecular flexibility index (Phi) is 3.02. The first-order chi connectivity index (χ1) is 11.1. The van der Waals surface area contributed by atoms with Crippen LogP contribution < -0.4 is 5.32 Å².